The van der Waals surface area contributed by atoms with Crippen molar-refractivity contribution < 1.29 is 14.7 Å². The number of amides is 1. The Bertz CT molecular complexity index is 350. The third-order valence-electron chi connectivity index (χ3n) is 3.95. The number of piperidine rings is 1. The van der Waals surface area contributed by atoms with Crippen LogP contribution in [0.3, 0.4) is 0 Å². The molecular formula is C13H22N2O3. The van der Waals surface area contributed by atoms with Crippen molar-refractivity contribution in [2.24, 2.45) is 5.41 Å². The summed E-state index contributed by atoms with van der Waals surface area (Å²) in [6, 6.07) is -0.227. The molecule has 0 aromatic heterocycles. The first-order chi connectivity index (χ1) is 8.42. The summed E-state index contributed by atoms with van der Waals surface area (Å²) in [5, 5.41) is 12.5. The van der Waals surface area contributed by atoms with E-state index in [1.807, 2.05) is 13.8 Å². The van der Waals surface area contributed by atoms with Crippen molar-refractivity contribution in [3.05, 3.63) is 0 Å². The van der Waals surface area contributed by atoms with E-state index in [9.17, 15) is 14.7 Å². The highest BCUT2D eigenvalue weighted by Crippen LogP contribution is 2.35. The van der Waals surface area contributed by atoms with Crippen LogP contribution in [-0.2, 0) is 9.59 Å². The highest BCUT2D eigenvalue weighted by Gasteiger charge is 2.44. The predicted octanol–water partition coefficient (Wildman–Crippen LogP) is 0.840. The monoisotopic (exact) mass is 254 g/mol. The Morgan fingerprint density at radius 3 is 2.61 bits per heavy atom. The van der Waals surface area contributed by atoms with Crippen molar-refractivity contribution >= 4 is 11.9 Å². The first kappa shape index (κ1) is 13.3. The molecule has 0 bridgehead atoms. The number of aliphatic carboxylic acids is 1. The van der Waals surface area contributed by atoms with Crippen molar-refractivity contribution in [1.82, 2.24) is 10.2 Å². The average Bonchev–Trinajstić information content (AvgIpc) is 3.07. The van der Waals surface area contributed by atoms with E-state index in [2.05, 4.69) is 5.32 Å². The molecule has 1 amide bonds. The quantitative estimate of drug-likeness (QED) is 0.780. The van der Waals surface area contributed by atoms with Crippen LogP contribution in [0.15, 0.2) is 0 Å². The van der Waals surface area contributed by atoms with Gasteiger partial charge in [0.15, 0.2) is 0 Å². The fraction of sp³-hybridized carbons (Fsp3) is 0.846. The fourth-order valence-corrected chi connectivity index (χ4v) is 2.75. The molecule has 1 saturated carbocycles. The summed E-state index contributed by atoms with van der Waals surface area (Å²) in [5.74, 6) is -0.971. The maximum Gasteiger partial charge on any atom is 0.326 e. The zero-order valence-electron chi connectivity index (χ0n) is 11.1. The molecule has 1 aliphatic heterocycles. The number of nitrogens with one attached hydrogen (secondary N) is 1. The molecule has 2 fully saturated rings. The van der Waals surface area contributed by atoms with E-state index >= 15 is 0 Å². The number of hydrogen-bond donors (Lipinski definition) is 2. The Balaban J connectivity index is 2.02. The maximum absolute atomic E-state index is 12.1. The van der Waals surface area contributed by atoms with E-state index in [0.29, 0.717) is 12.6 Å². The largest absolute Gasteiger partial charge is 0.480 e. The van der Waals surface area contributed by atoms with E-state index in [0.717, 1.165) is 25.7 Å². The van der Waals surface area contributed by atoms with Crippen molar-refractivity contribution in [2.45, 2.75) is 51.6 Å². The molecular weight excluding hydrogens is 232 g/mol. The molecule has 2 rings (SSSR count). The fourth-order valence-electron chi connectivity index (χ4n) is 2.75. The normalized spacial score (nSPS) is 27.0. The zero-order chi connectivity index (χ0) is 13.3. The van der Waals surface area contributed by atoms with Crippen molar-refractivity contribution in [2.75, 3.05) is 13.1 Å². The molecule has 1 unspecified atom stereocenters. The van der Waals surface area contributed by atoms with Crippen LogP contribution < -0.4 is 5.32 Å². The topological polar surface area (TPSA) is 69.6 Å². The molecule has 5 heteroatoms. The van der Waals surface area contributed by atoms with Crippen molar-refractivity contribution in [3.63, 3.8) is 0 Å². The number of carbonyl (C=O) groups is 2. The highest BCUT2D eigenvalue weighted by atomic mass is 16.4. The minimum atomic E-state index is -0.889. The van der Waals surface area contributed by atoms with Gasteiger partial charge in [-0.2, -0.15) is 0 Å². The first-order valence-electron chi connectivity index (χ1n) is 6.67. The van der Waals surface area contributed by atoms with Crippen molar-refractivity contribution in [1.29, 1.82) is 0 Å². The minimum absolute atomic E-state index is 0.0814. The van der Waals surface area contributed by atoms with Gasteiger partial charge in [0.05, 0.1) is 6.54 Å². The molecule has 5 nitrogen and oxygen atoms in total. The second kappa shape index (κ2) is 4.88. The van der Waals surface area contributed by atoms with Gasteiger partial charge in [-0.25, -0.2) is 4.79 Å². The Morgan fingerprint density at radius 2 is 2.06 bits per heavy atom. The molecule has 0 spiro atoms. The van der Waals surface area contributed by atoms with Crippen LogP contribution in [0.25, 0.3) is 0 Å². The Morgan fingerprint density at radius 1 is 1.39 bits per heavy atom. The number of hydrogen-bond acceptors (Lipinski definition) is 3. The summed E-state index contributed by atoms with van der Waals surface area (Å²) in [4.78, 5) is 25.1. The second-order valence-electron chi connectivity index (χ2n) is 6.08. The summed E-state index contributed by atoms with van der Waals surface area (Å²) in [6.45, 7) is 4.69. The highest BCUT2D eigenvalue weighted by molar-refractivity contribution is 5.85. The van der Waals surface area contributed by atoms with Crippen LogP contribution in [0.5, 0.6) is 0 Å². The molecule has 0 aromatic rings. The van der Waals surface area contributed by atoms with E-state index in [4.69, 9.17) is 0 Å². The number of nitrogens with zero attached hydrogens (tertiary/aromatic N) is 1. The van der Waals surface area contributed by atoms with Gasteiger partial charge in [0.25, 0.3) is 0 Å². The number of carboxylic acid groups (broad SMARTS) is 1. The molecule has 1 saturated heterocycles. The number of carbonyl (C=O) groups excluding carboxylic acids is 1. The Labute approximate surface area is 108 Å². The van der Waals surface area contributed by atoms with Crippen LogP contribution in [0.4, 0.5) is 0 Å². The molecule has 1 atom stereocenters. The SMILES string of the molecule is CC1(C)CCCN(C(=O)CNC2CC2)C1C(=O)O. The van der Waals surface area contributed by atoms with Crippen molar-refractivity contribution in [3.8, 4) is 0 Å². The van der Waals surface area contributed by atoms with Crippen LogP contribution in [-0.4, -0.2) is 47.1 Å². The molecule has 1 aliphatic carbocycles. The number of carboxylic acids is 1. The van der Waals surface area contributed by atoms with Gasteiger partial charge in [-0.1, -0.05) is 13.8 Å². The maximum atomic E-state index is 12.1. The molecule has 102 valence electrons. The van der Waals surface area contributed by atoms with Gasteiger partial charge in [-0.05, 0) is 31.1 Å². The predicted molar refractivity (Wildman–Crippen MR) is 67.2 cm³/mol. The first-order valence-corrected chi connectivity index (χ1v) is 6.67. The van der Waals surface area contributed by atoms with Gasteiger partial charge in [-0.3, -0.25) is 4.79 Å². The molecule has 1 heterocycles. The molecule has 0 radical (unpaired) electrons. The zero-order valence-corrected chi connectivity index (χ0v) is 11.1. The van der Waals surface area contributed by atoms with Gasteiger partial charge >= 0.3 is 5.97 Å². The lowest BCUT2D eigenvalue weighted by Gasteiger charge is -2.44. The minimum Gasteiger partial charge on any atom is -0.480 e. The summed E-state index contributed by atoms with van der Waals surface area (Å²) >= 11 is 0. The van der Waals surface area contributed by atoms with Gasteiger partial charge in [-0.15, -0.1) is 0 Å². The molecule has 2 aliphatic rings. The summed E-state index contributed by atoms with van der Waals surface area (Å²) in [6.07, 6.45) is 3.98. The van der Waals surface area contributed by atoms with Gasteiger partial charge in [0.1, 0.15) is 6.04 Å². The molecule has 18 heavy (non-hydrogen) atoms. The lowest BCUT2D eigenvalue weighted by Crippen LogP contribution is -2.57. The Kier molecular flexibility index (Phi) is 3.61. The average molecular weight is 254 g/mol. The van der Waals surface area contributed by atoms with Crippen LogP contribution in [0.1, 0.15) is 39.5 Å². The molecule has 0 aromatic carbocycles. The third kappa shape index (κ3) is 2.83. The van der Waals surface area contributed by atoms with E-state index in [1.165, 1.54) is 0 Å². The standard InChI is InChI=1S/C13H22N2O3/c1-13(2)6-3-7-15(11(13)12(17)18)10(16)8-14-9-4-5-9/h9,11,14H,3-8H2,1-2H3,(H,17,18). The van der Waals surface area contributed by atoms with Gasteiger partial charge < -0.3 is 15.3 Å². The van der Waals surface area contributed by atoms with Gasteiger partial charge in [0.2, 0.25) is 5.91 Å². The van der Waals surface area contributed by atoms with E-state index in [1.54, 1.807) is 4.90 Å². The summed E-state index contributed by atoms with van der Waals surface area (Å²) in [5.41, 5.74) is -0.348. The lowest BCUT2D eigenvalue weighted by atomic mass is 9.76. The van der Waals surface area contributed by atoms with Crippen LogP contribution in [0.2, 0.25) is 0 Å². The summed E-state index contributed by atoms with van der Waals surface area (Å²) in [7, 11) is 0. The van der Waals surface area contributed by atoms with E-state index < -0.39 is 12.0 Å². The smallest absolute Gasteiger partial charge is 0.326 e. The lowest BCUT2D eigenvalue weighted by molar-refractivity contribution is -0.158. The van der Waals surface area contributed by atoms with Crippen LogP contribution in [0, 0.1) is 5.41 Å². The number of rotatable bonds is 4. The van der Waals surface area contributed by atoms with Crippen LogP contribution >= 0.6 is 0 Å². The van der Waals surface area contributed by atoms with Gasteiger partial charge in [0, 0.05) is 12.6 Å². The number of likely N-dealkylation sites (tertiary alicyclic amines) is 1. The third-order valence-corrected chi connectivity index (χ3v) is 3.95. The van der Waals surface area contributed by atoms with E-state index in [-0.39, 0.29) is 17.9 Å². The Hall–Kier alpha value is -1.10. The summed E-state index contributed by atoms with van der Waals surface area (Å²) < 4.78 is 0. The second-order valence-corrected chi connectivity index (χ2v) is 6.08. The molecule has 2 N–H and O–H groups in total.